The molecule has 0 radical (unpaired) electrons. The summed E-state index contributed by atoms with van der Waals surface area (Å²) in [7, 11) is 0. The van der Waals surface area contributed by atoms with Crippen molar-refractivity contribution in [3.05, 3.63) is 38.6 Å². The van der Waals surface area contributed by atoms with Crippen molar-refractivity contribution in [3.8, 4) is 0 Å². The molecule has 0 saturated heterocycles. The number of pyridine rings is 1. The van der Waals surface area contributed by atoms with E-state index in [4.69, 9.17) is 5.73 Å². The maximum atomic E-state index is 10.6. The van der Waals surface area contributed by atoms with Crippen LogP contribution in [0.5, 0.6) is 0 Å². The van der Waals surface area contributed by atoms with E-state index in [2.05, 4.69) is 20.9 Å². The normalized spacial score (nSPS) is 10.7. The monoisotopic (exact) mass is 257 g/mol. The Morgan fingerprint density at radius 3 is 3.00 bits per heavy atom. The second-order valence-corrected chi connectivity index (χ2v) is 3.37. The van der Waals surface area contributed by atoms with Crippen LogP contribution in [0.15, 0.2) is 22.8 Å². The van der Waals surface area contributed by atoms with Crippen molar-refractivity contribution in [2.45, 2.75) is 0 Å². The molecule has 0 saturated carbocycles. The molecular formula is C8H8BrN3O2. The van der Waals surface area contributed by atoms with E-state index >= 15 is 0 Å². The lowest BCUT2D eigenvalue weighted by Crippen LogP contribution is -1.96. The van der Waals surface area contributed by atoms with Gasteiger partial charge in [-0.05, 0) is 22.0 Å². The minimum atomic E-state index is -0.478. The van der Waals surface area contributed by atoms with Gasteiger partial charge in [0, 0.05) is 23.3 Å². The summed E-state index contributed by atoms with van der Waals surface area (Å²) in [6.45, 7) is 0.328. The molecule has 0 aromatic carbocycles. The third-order valence-corrected chi connectivity index (χ3v) is 1.91. The standard InChI is InChI=1S/C8H8BrN3O2/c9-6-4-8(12(13)14)7(11-5-6)2-1-3-10/h1-2,4-5H,3,10H2/b2-1+. The van der Waals surface area contributed by atoms with Gasteiger partial charge in [0.15, 0.2) is 0 Å². The molecule has 74 valence electrons. The van der Waals surface area contributed by atoms with Gasteiger partial charge in [0.1, 0.15) is 5.69 Å². The maximum absolute atomic E-state index is 10.6. The molecule has 6 heteroatoms. The molecule has 0 spiro atoms. The van der Waals surface area contributed by atoms with Gasteiger partial charge in [-0.25, -0.2) is 4.98 Å². The quantitative estimate of drug-likeness (QED) is 0.661. The Labute approximate surface area is 88.9 Å². The summed E-state index contributed by atoms with van der Waals surface area (Å²) < 4.78 is 0.578. The summed E-state index contributed by atoms with van der Waals surface area (Å²) in [6.07, 6.45) is 4.65. The number of nitro groups is 1. The van der Waals surface area contributed by atoms with Crippen LogP contribution in [-0.4, -0.2) is 16.5 Å². The first-order valence-electron chi connectivity index (χ1n) is 3.81. The summed E-state index contributed by atoms with van der Waals surface area (Å²) in [5.41, 5.74) is 5.51. The molecule has 0 aliphatic rings. The summed E-state index contributed by atoms with van der Waals surface area (Å²) in [5, 5.41) is 10.6. The average molecular weight is 258 g/mol. The third-order valence-electron chi connectivity index (χ3n) is 1.47. The first-order chi connectivity index (χ1) is 6.65. The molecule has 2 N–H and O–H groups in total. The van der Waals surface area contributed by atoms with Gasteiger partial charge in [-0.3, -0.25) is 10.1 Å². The van der Waals surface area contributed by atoms with Gasteiger partial charge in [0.2, 0.25) is 0 Å². The van der Waals surface area contributed by atoms with Gasteiger partial charge in [0.05, 0.1) is 4.92 Å². The first-order valence-corrected chi connectivity index (χ1v) is 4.61. The van der Waals surface area contributed by atoms with Crippen molar-refractivity contribution in [3.63, 3.8) is 0 Å². The van der Waals surface area contributed by atoms with Crippen LogP contribution in [-0.2, 0) is 0 Å². The SMILES string of the molecule is NC/C=C/c1ncc(Br)cc1[N+](=O)[O-]. The minimum Gasteiger partial charge on any atom is -0.327 e. The van der Waals surface area contributed by atoms with E-state index in [1.165, 1.54) is 18.3 Å². The third kappa shape index (κ3) is 2.61. The average Bonchev–Trinajstić information content (AvgIpc) is 2.15. The highest BCUT2D eigenvalue weighted by atomic mass is 79.9. The number of halogens is 1. The first kappa shape index (κ1) is 10.8. The van der Waals surface area contributed by atoms with Gasteiger partial charge >= 0.3 is 0 Å². The van der Waals surface area contributed by atoms with Gasteiger partial charge in [0.25, 0.3) is 5.69 Å². The van der Waals surface area contributed by atoms with E-state index in [-0.39, 0.29) is 5.69 Å². The van der Waals surface area contributed by atoms with Crippen LogP contribution < -0.4 is 5.73 Å². The van der Waals surface area contributed by atoms with Crippen molar-refractivity contribution in [2.75, 3.05) is 6.54 Å². The highest BCUT2D eigenvalue weighted by molar-refractivity contribution is 9.10. The van der Waals surface area contributed by atoms with E-state index in [1.54, 1.807) is 6.08 Å². The van der Waals surface area contributed by atoms with Crippen molar-refractivity contribution in [2.24, 2.45) is 5.73 Å². The highest BCUT2D eigenvalue weighted by Crippen LogP contribution is 2.21. The molecule has 0 aliphatic carbocycles. The van der Waals surface area contributed by atoms with Crippen molar-refractivity contribution in [1.82, 2.24) is 4.98 Å². The molecular weight excluding hydrogens is 250 g/mol. The van der Waals surface area contributed by atoms with E-state index in [0.717, 1.165) is 0 Å². The smallest absolute Gasteiger partial charge is 0.295 e. The number of hydrogen-bond donors (Lipinski definition) is 1. The zero-order valence-corrected chi connectivity index (χ0v) is 8.77. The van der Waals surface area contributed by atoms with E-state index in [0.29, 0.717) is 16.7 Å². The molecule has 5 nitrogen and oxygen atoms in total. The molecule has 1 aromatic rings. The zero-order valence-electron chi connectivity index (χ0n) is 7.18. The lowest BCUT2D eigenvalue weighted by molar-refractivity contribution is -0.385. The van der Waals surface area contributed by atoms with E-state index in [1.807, 2.05) is 0 Å². The Kier molecular flexibility index (Phi) is 3.73. The van der Waals surface area contributed by atoms with Gasteiger partial charge in [-0.1, -0.05) is 6.08 Å². The Hall–Kier alpha value is -1.27. The molecule has 0 fully saturated rings. The number of nitrogens with two attached hydrogens (primary N) is 1. The zero-order chi connectivity index (χ0) is 10.6. The molecule has 1 aromatic heterocycles. The molecule has 1 heterocycles. The number of nitrogens with zero attached hydrogens (tertiary/aromatic N) is 2. The van der Waals surface area contributed by atoms with Gasteiger partial charge < -0.3 is 5.73 Å². The topological polar surface area (TPSA) is 82.0 Å². The van der Waals surface area contributed by atoms with Crippen LogP contribution in [0.4, 0.5) is 5.69 Å². The summed E-state index contributed by atoms with van der Waals surface area (Å²) >= 11 is 3.12. The Morgan fingerprint density at radius 2 is 2.43 bits per heavy atom. The Morgan fingerprint density at radius 1 is 1.71 bits per heavy atom. The molecule has 0 atom stereocenters. The van der Waals surface area contributed by atoms with E-state index < -0.39 is 4.92 Å². The van der Waals surface area contributed by atoms with Gasteiger partial charge in [-0.15, -0.1) is 0 Å². The molecule has 1 rings (SSSR count). The Balaban J connectivity index is 3.15. The number of aromatic nitrogens is 1. The molecule has 0 unspecified atom stereocenters. The van der Waals surface area contributed by atoms with E-state index in [9.17, 15) is 10.1 Å². The van der Waals surface area contributed by atoms with Crippen LogP contribution >= 0.6 is 15.9 Å². The van der Waals surface area contributed by atoms with Gasteiger partial charge in [-0.2, -0.15) is 0 Å². The van der Waals surface area contributed by atoms with Crippen molar-refractivity contribution in [1.29, 1.82) is 0 Å². The maximum Gasteiger partial charge on any atom is 0.295 e. The lowest BCUT2D eigenvalue weighted by atomic mass is 10.3. The number of hydrogen-bond acceptors (Lipinski definition) is 4. The summed E-state index contributed by atoms with van der Waals surface area (Å²) in [6, 6.07) is 1.41. The molecule has 0 bridgehead atoms. The fourth-order valence-electron chi connectivity index (χ4n) is 0.893. The summed E-state index contributed by atoms with van der Waals surface area (Å²) in [4.78, 5) is 14.0. The fraction of sp³-hybridized carbons (Fsp3) is 0.125. The molecule has 14 heavy (non-hydrogen) atoms. The summed E-state index contributed by atoms with van der Waals surface area (Å²) in [5.74, 6) is 0. The van der Waals surface area contributed by atoms with Crippen LogP contribution in [0.2, 0.25) is 0 Å². The Bertz CT molecular complexity index is 379. The van der Waals surface area contributed by atoms with Crippen molar-refractivity contribution >= 4 is 27.7 Å². The molecule has 0 amide bonds. The van der Waals surface area contributed by atoms with Crippen LogP contribution in [0, 0.1) is 10.1 Å². The van der Waals surface area contributed by atoms with Crippen LogP contribution in [0.1, 0.15) is 5.69 Å². The van der Waals surface area contributed by atoms with Crippen LogP contribution in [0.3, 0.4) is 0 Å². The second kappa shape index (κ2) is 4.83. The highest BCUT2D eigenvalue weighted by Gasteiger charge is 2.12. The lowest BCUT2D eigenvalue weighted by Gasteiger charge is -1.96. The second-order valence-electron chi connectivity index (χ2n) is 2.45. The predicted octanol–water partition coefficient (Wildman–Crippen LogP) is 1.72. The van der Waals surface area contributed by atoms with Crippen LogP contribution in [0.25, 0.3) is 6.08 Å². The fourth-order valence-corrected chi connectivity index (χ4v) is 1.21. The minimum absolute atomic E-state index is 0.0379. The number of rotatable bonds is 3. The molecule has 0 aliphatic heterocycles. The largest absolute Gasteiger partial charge is 0.327 e. The van der Waals surface area contributed by atoms with Crippen molar-refractivity contribution < 1.29 is 4.92 Å². The predicted molar refractivity (Wildman–Crippen MR) is 56.7 cm³/mol.